The molecule has 1 N–H and O–H groups in total. The quantitative estimate of drug-likeness (QED) is 0.283. The molecule has 0 amide bonds. The first-order chi connectivity index (χ1) is 14.0. The summed E-state index contributed by atoms with van der Waals surface area (Å²) in [6, 6.07) is 17.4. The van der Waals surface area contributed by atoms with Crippen molar-refractivity contribution in [1.29, 1.82) is 0 Å². The van der Waals surface area contributed by atoms with Crippen LogP contribution in [0.3, 0.4) is 0 Å². The van der Waals surface area contributed by atoms with Crippen molar-refractivity contribution in [3.05, 3.63) is 71.8 Å². The minimum atomic E-state index is -0.399. The molecule has 0 saturated heterocycles. The Kier molecular flexibility index (Phi) is 9.66. The highest BCUT2D eigenvalue weighted by molar-refractivity contribution is 5.86. The normalized spacial score (nSPS) is 11.8. The van der Waals surface area contributed by atoms with Crippen LogP contribution < -0.4 is 0 Å². The largest absolute Gasteiger partial charge is 0.462 e. The third-order valence-corrected chi connectivity index (χ3v) is 5.21. The van der Waals surface area contributed by atoms with Crippen molar-refractivity contribution in [1.82, 2.24) is 0 Å². The second-order valence-electron chi connectivity index (χ2n) is 7.82. The molecular formula is C26H34O3. The van der Waals surface area contributed by atoms with Crippen molar-refractivity contribution in [3.8, 4) is 11.1 Å². The predicted octanol–water partition coefficient (Wildman–Crippen LogP) is 5.75. The summed E-state index contributed by atoms with van der Waals surface area (Å²) in [7, 11) is 0. The van der Waals surface area contributed by atoms with Crippen LogP contribution in [0.15, 0.2) is 60.7 Å². The Bertz CT molecular complexity index is 760. The number of ether oxygens (including phenoxy) is 1. The molecular weight excluding hydrogens is 360 g/mol. The summed E-state index contributed by atoms with van der Waals surface area (Å²) >= 11 is 0. The van der Waals surface area contributed by atoms with E-state index in [4.69, 9.17) is 4.74 Å². The molecule has 1 atom stereocenters. The summed E-state index contributed by atoms with van der Waals surface area (Å²) < 4.78 is 5.16. The van der Waals surface area contributed by atoms with Crippen molar-refractivity contribution in [3.63, 3.8) is 0 Å². The Labute approximate surface area is 175 Å². The number of hydrogen-bond donors (Lipinski definition) is 1. The van der Waals surface area contributed by atoms with Gasteiger partial charge in [0.05, 0.1) is 6.61 Å². The predicted molar refractivity (Wildman–Crippen MR) is 120 cm³/mol. The van der Waals surface area contributed by atoms with Crippen LogP contribution in [-0.4, -0.2) is 24.3 Å². The molecule has 3 nitrogen and oxygen atoms in total. The van der Waals surface area contributed by atoms with Crippen LogP contribution >= 0.6 is 0 Å². The maximum atomic E-state index is 11.5. The number of aryl methyl sites for hydroxylation is 2. The summed E-state index contributed by atoms with van der Waals surface area (Å²) in [5.74, 6) is -0.456. The average Bonchev–Trinajstić information content (AvgIpc) is 2.74. The van der Waals surface area contributed by atoms with Crippen LogP contribution in [0.5, 0.6) is 0 Å². The second kappa shape index (κ2) is 12.2. The van der Waals surface area contributed by atoms with E-state index in [2.05, 4.69) is 62.0 Å². The molecule has 0 radical (unpaired) electrons. The van der Waals surface area contributed by atoms with Crippen molar-refractivity contribution in [2.24, 2.45) is 5.92 Å². The summed E-state index contributed by atoms with van der Waals surface area (Å²) in [6.07, 6.45) is 6.56. The van der Waals surface area contributed by atoms with E-state index in [-0.39, 0.29) is 19.1 Å². The van der Waals surface area contributed by atoms with Gasteiger partial charge in [-0.15, -0.1) is 0 Å². The van der Waals surface area contributed by atoms with E-state index < -0.39 is 5.97 Å². The van der Waals surface area contributed by atoms with Crippen LogP contribution in [-0.2, 0) is 22.4 Å². The van der Waals surface area contributed by atoms with Gasteiger partial charge in [0, 0.05) is 18.1 Å². The number of aliphatic hydroxyl groups is 1. The number of hydrogen-bond acceptors (Lipinski definition) is 3. The lowest BCUT2D eigenvalue weighted by Crippen LogP contribution is -2.18. The maximum Gasteiger partial charge on any atom is 0.333 e. The van der Waals surface area contributed by atoms with Crippen molar-refractivity contribution in [2.45, 2.75) is 52.4 Å². The second-order valence-corrected chi connectivity index (χ2v) is 7.82. The smallest absolute Gasteiger partial charge is 0.333 e. The van der Waals surface area contributed by atoms with E-state index in [1.807, 2.05) is 0 Å². The first-order valence-electron chi connectivity index (χ1n) is 10.6. The highest BCUT2D eigenvalue weighted by atomic mass is 16.5. The number of benzene rings is 2. The molecule has 0 aliphatic heterocycles. The van der Waals surface area contributed by atoms with Crippen molar-refractivity contribution < 1.29 is 14.6 Å². The fourth-order valence-corrected chi connectivity index (χ4v) is 3.22. The Balaban J connectivity index is 1.86. The molecule has 1 unspecified atom stereocenters. The van der Waals surface area contributed by atoms with Crippen LogP contribution in [0.1, 0.15) is 50.7 Å². The van der Waals surface area contributed by atoms with E-state index in [9.17, 15) is 9.90 Å². The molecule has 0 bridgehead atoms. The van der Waals surface area contributed by atoms with Crippen LogP contribution in [0.2, 0.25) is 0 Å². The van der Waals surface area contributed by atoms with Gasteiger partial charge in [-0.1, -0.05) is 74.9 Å². The fourth-order valence-electron chi connectivity index (χ4n) is 3.22. The number of rotatable bonds is 12. The molecule has 3 heteroatoms. The van der Waals surface area contributed by atoms with Gasteiger partial charge in [0.25, 0.3) is 0 Å². The SMILES string of the molecule is C=C(C)C(=O)OCC(CO)CCc1ccc(-c2ccc(CCCCC)cc2)cc1. The molecule has 0 aliphatic rings. The molecule has 156 valence electrons. The van der Waals surface area contributed by atoms with Crippen LogP contribution in [0.4, 0.5) is 0 Å². The fraction of sp³-hybridized carbons (Fsp3) is 0.423. The topological polar surface area (TPSA) is 46.5 Å². The lowest BCUT2D eigenvalue weighted by molar-refractivity contribution is -0.140. The molecule has 2 rings (SSSR count). The van der Waals surface area contributed by atoms with E-state index in [1.54, 1.807) is 6.92 Å². The first kappa shape index (κ1) is 22.9. The molecule has 2 aromatic carbocycles. The molecule has 2 aromatic rings. The van der Waals surface area contributed by atoms with Crippen LogP contribution in [0, 0.1) is 5.92 Å². The summed E-state index contributed by atoms with van der Waals surface area (Å²) in [6.45, 7) is 7.66. The third-order valence-electron chi connectivity index (χ3n) is 5.21. The van der Waals surface area contributed by atoms with Gasteiger partial charge in [-0.2, -0.15) is 0 Å². The van der Waals surface area contributed by atoms with Crippen LogP contribution in [0.25, 0.3) is 11.1 Å². The third kappa shape index (κ3) is 7.86. The average molecular weight is 395 g/mol. The van der Waals surface area contributed by atoms with E-state index in [0.29, 0.717) is 5.57 Å². The Morgan fingerprint density at radius 3 is 2.00 bits per heavy atom. The monoisotopic (exact) mass is 394 g/mol. The van der Waals surface area contributed by atoms with E-state index >= 15 is 0 Å². The van der Waals surface area contributed by atoms with Gasteiger partial charge < -0.3 is 9.84 Å². The van der Waals surface area contributed by atoms with Crippen molar-refractivity contribution >= 4 is 5.97 Å². The molecule has 0 aliphatic carbocycles. The minimum absolute atomic E-state index is 0.00611. The lowest BCUT2D eigenvalue weighted by atomic mass is 9.97. The zero-order valence-corrected chi connectivity index (χ0v) is 17.8. The zero-order chi connectivity index (χ0) is 21.1. The number of carbonyl (C=O) groups excluding carboxylic acids is 1. The number of unbranched alkanes of at least 4 members (excludes halogenated alkanes) is 2. The molecule has 29 heavy (non-hydrogen) atoms. The van der Waals surface area contributed by atoms with Gasteiger partial charge in [0.1, 0.15) is 0 Å². The number of aliphatic hydroxyl groups excluding tert-OH is 1. The first-order valence-corrected chi connectivity index (χ1v) is 10.6. The molecule has 0 aromatic heterocycles. The van der Waals surface area contributed by atoms with E-state index in [0.717, 1.165) is 19.3 Å². The van der Waals surface area contributed by atoms with Gasteiger partial charge in [-0.3, -0.25) is 0 Å². The van der Waals surface area contributed by atoms with Gasteiger partial charge in [-0.05, 0) is 54.9 Å². The maximum absolute atomic E-state index is 11.5. The molecule has 0 fully saturated rings. The highest BCUT2D eigenvalue weighted by Crippen LogP contribution is 2.22. The van der Waals surface area contributed by atoms with Gasteiger partial charge in [0.2, 0.25) is 0 Å². The number of carbonyl (C=O) groups is 1. The van der Waals surface area contributed by atoms with Gasteiger partial charge >= 0.3 is 5.97 Å². The molecule has 0 heterocycles. The summed E-state index contributed by atoms with van der Waals surface area (Å²) in [4.78, 5) is 11.5. The van der Waals surface area contributed by atoms with Crippen molar-refractivity contribution in [2.75, 3.05) is 13.2 Å². The van der Waals surface area contributed by atoms with E-state index in [1.165, 1.54) is 41.5 Å². The Morgan fingerprint density at radius 2 is 1.52 bits per heavy atom. The summed E-state index contributed by atoms with van der Waals surface area (Å²) in [5.41, 5.74) is 5.45. The van der Waals surface area contributed by atoms with Gasteiger partial charge in [-0.25, -0.2) is 4.79 Å². The Hall–Kier alpha value is -2.39. The molecule has 0 saturated carbocycles. The summed E-state index contributed by atoms with van der Waals surface area (Å²) in [5, 5.41) is 9.53. The highest BCUT2D eigenvalue weighted by Gasteiger charge is 2.12. The Morgan fingerprint density at radius 1 is 0.966 bits per heavy atom. The molecule has 0 spiro atoms. The number of esters is 1. The lowest BCUT2D eigenvalue weighted by Gasteiger charge is -2.14. The van der Waals surface area contributed by atoms with Gasteiger partial charge in [0.15, 0.2) is 0 Å². The zero-order valence-electron chi connectivity index (χ0n) is 17.8. The standard InChI is InChI=1S/C26H34O3/c1-4-5-6-7-21-10-14-24(15-11-21)25-16-12-22(13-17-25)8-9-23(18-27)19-29-26(28)20(2)3/h10-17,23,27H,2,4-9,18-19H2,1,3H3. The minimum Gasteiger partial charge on any atom is -0.462 e.